The van der Waals surface area contributed by atoms with E-state index in [1.807, 2.05) is 29.2 Å². The summed E-state index contributed by atoms with van der Waals surface area (Å²) in [5.74, 6) is 0.437. The Morgan fingerprint density at radius 3 is 2.96 bits per heavy atom. The van der Waals surface area contributed by atoms with Gasteiger partial charge in [-0.15, -0.1) is 0 Å². The first-order valence-corrected chi connectivity index (χ1v) is 8.98. The molecule has 0 bridgehead atoms. The molecule has 1 amide bonds. The number of nitrogens with zero attached hydrogens (tertiary/aromatic N) is 1. The van der Waals surface area contributed by atoms with Crippen molar-refractivity contribution >= 4 is 17.3 Å². The molecule has 4 rings (SSSR count). The second-order valence-corrected chi connectivity index (χ2v) is 6.80. The van der Waals surface area contributed by atoms with Crippen LogP contribution < -0.4 is 14.8 Å². The number of methoxy groups -OCH3 is 1. The SMILES string of the molecule is C=C(c1cc2c(cc1F)OCC(=O)N2)N1CC(OCc2cccc(OC)c2)C1. The molecule has 0 spiro atoms. The predicted molar refractivity (Wildman–Crippen MR) is 103 cm³/mol. The van der Waals surface area contributed by atoms with Crippen LogP contribution >= 0.6 is 0 Å². The topological polar surface area (TPSA) is 60.0 Å². The Bertz CT molecular complexity index is 925. The standard InChI is InChI=1S/C21H21FN2O4/c1-13(17-7-19-20(8-18(17)22)28-12-21(25)23-19)24-9-16(10-24)27-11-14-4-3-5-15(6-14)26-2/h3-8,16H,1,9-12H2,2H3,(H,23,25). The van der Waals surface area contributed by atoms with Crippen molar-refractivity contribution in [1.29, 1.82) is 0 Å². The number of carbonyl (C=O) groups is 1. The van der Waals surface area contributed by atoms with Crippen molar-refractivity contribution in [2.75, 3.05) is 32.1 Å². The number of halogens is 1. The van der Waals surface area contributed by atoms with Crippen molar-refractivity contribution in [2.45, 2.75) is 12.7 Å². The highest BCUT2D eigenvalue weighted by atomic mass is 19.1. The molecule has 0 atom stereocenters. The Morgan fingerprint density at radius 2 is 2.18 bits per heavy atom. The highest BCUT2D eigenvalue weighted by Crippen LogP contribution is 2.35. The first-order valence-electron chi connectivity index (χ1n) is 8.98. The molecular formula is C21H21FN2O4. The van der Waals surface area contributed by atoms with E-state index < -0.39 is 5.82 Å². The van der Waals surface area contributed by atoms with E-state index in [4.69, 9.17) is 14.2 Å². The molecule has 2 heterocycles. The quantitative estimate of drug-likeness (QED) is 0.830. The van der Waals surface area contributed by atoms with Gasteiger partial charge in [0.05, 0.1) is 25.5 Å². The molecule has 7 heteroatoms. The first-order chi connectivity index (χ1) is 13.5. The molecule has 6 nitrogen and oxygen atoms in total. The summed E-state index contributed by atoms with van der Waals surface area (Å²) in [6.07, 6.45) is 0.0478. The number of amides is 1. The van der Waals surface area contributed by atoms with Crippen molar-refractivity contribution in [3.63, 3.8) is 0 Å². The van der Waals surface area contributed by atoms with Crippen molar-refractivity contribution in [1.82, 2.24) is 4.90 Å². The molecule has 1 fully saturated rings. The smallest absolute Gasteiger partial charge is 0.262 e. The number of carbonyl (C=O) groups excluding carboxylic acids is 1. The van der Waals surface area contributed by atoms with Crippen molar-refractivity contribution < 1.29 is 23.4 Å². The molecule has 0 unspecified atom stereocenters. The highest BCUT2D eigenvalue weighted by molar-refractivity contribution is 5.96. The summed E-state index contributed by atoms with van der Waals surface area (Å²) in [7, 11) is 1.63. The average Bonchev–Trinajstić information content (AvgIpc) is 2.66. The predicted octanol–water partition coefficient (Wildman–Crippen LogP) is 3.04. The first kappa shape index (κ1) is 18.3. The summed E-state index contributed by atoms with van der Waals surface area (Å²) in [4.78, 5) is 13.4. The monoisotopic (exact) mass is 384 g/mol. The molecule has 0 aromatic heterocycles. The van der Waals surface area contributed by atoms with E-state index in [0.717, 1.165) is 11.3 Å². The van der Waals surface area contributed by atoms with Crippen LogP contribution in [0.2, 0.25) is 0 Å². The number of anilines is 1. The van der Waals surface area contributed by atoms with Gasteiger partial charge in [0.25, 0.3) is 5.91 Å². The Hall–Kier alpha value is -3.06. The van der Waals surface area contributed by atoms with Crippen LogP contribution in [-0.2, 0) is 16.1 Å². The molecule has 2 aliphatic heterocycles. The summed E-state index contributed by atoms with van der Waals surface area (Å²) in [6, 6.07) is 10.6. The number of fused-ring (bicyclic) bond motifs is 1. The Kier molecular flexibility index (Phi) is 4.92. The number of hydrogen-bond donors (Lipinski definition) is 1. The van der Waals surface area contributed by atoms with Crippen molar-refractivity contribution in [2.24, 2.45) is 0 Å². The molecule has 146 valence electrons. The maximum atomic E-state index is 14.5. The third-order valence-corrected chi connectivity index (χ3v) is 4.86. The molecule has 2 aromatic carbocycles. The summed E-state index contributed by atoms with van der Waals surface area (Å²) in [5, 5.41) is 2.69. The number of ether oxygens (including phenoxy) is 3. The third-order valence-electron chi connectivity index (χ3n) is 4.86. The van der Waals surface area contributed by atoms with Crippen molar-refractivity contribution in [3.8, 4) is 11.5 Å². The highest BCUT2D eigenvalue weighted by Gasteiger charge is 2.30. The van der Waals surface area contributed by atoms with E-state index in [2.05, 4.69) is 11.9 Å². The number of benzene rings is 2. The van der Waals surface area contributed by atoms with Crippen LogP contribution in [0.3, 0.4) is 0 Å². The summed E-state index contributed by atoms with van der Waals surface area (Å²) in [5.41, 5.74) is 2.39. The number of likely N-dealkylation sites (tertiary alicyclic amines) is 1. The van der Waals surface area contributed by atoms with E-state index >= 15 is 0 Å². The van der Waals surface area contributed by atoms with E-state index in [1.54, 1.807) is 13.2 Å². The largest absolute Gasteiger partial charge is 0.497 e. The molecule has 1 N–H and O–H groups in total. The normalized spacial score (nSPS) is 15.9. The van der Waals surface area contributed by atoms with Gasteiger partial charge in [-0.25, -0.2) is 4.39 Å². The maximum Gasteiger partial charge on any atom is 0.262 e. The van der Waals surface area contributed by atoms with Crippen LogP contribution in [0.5, 0.6) is 11.5 Å². The van der Waals surface area contributed by atoms with Crippen LogP contribution in [0.25, 0.3) is 5.70 Å². The fourth-order valence-electron chi connectivity index (χ4n) is 3.23. The molecule has 2 aromatic rings. The second kappa shape index (κ2) is 7.52. The average molecular weight is 384 g/mol. The molecule has 28 heavy (non-hydrogen) atoms. The van der Waals surface area contributed by atoms with Gasteiger partial charge in [-0.1, -0.05) is 18.7 Å². The second-order valence-electron chi connectivity index (χ2n) is 6.80. The Labute approximate surface area is 162 Å². The Balaban J connectivity index is 1.35. The number of nitrogens with one attached hydrogen (secondary N) is 1. The lowest BCUT2D eigenvalue weighted by atomic mass is 10.0. The molecule has 0 saturated carbocycles. The molecule has 0 aliphatic carbocycles. The molecule has 1 saturated heterocycles. The summed E-state index contributed by atoms with van der Waals surface area (Å²) in [6.45, 7) is 5.64. The van der Waals surface area contributed by atoms with Gasteiger partial charge in [0.15, 0.2) is 6.61 Å². The maximum absolute atomic E-state index is 14.5. The summed E-state index contributed by atoms with van der Waals surface area (Å²) >= 11 is 0. The van der Waals surface area contributed by atoms with Gasteiger partial charge in [-0.3, -0.25) is 4.79 Å². The zero-order valence-corrected chi connectivity index (χ0v) is 15.5. The van der Waals surface area contributed by atoms with Gasteiger partial charge < -0.3 is 24.4 Å². The van der Waals surface area contributed by atoms with E-state index in [-0.39, 0.29) is 18.6 Å². The van der Waals surface area contributed by atoms with E-state index in [1.165, 1.54) is 6.07 Å². The van der Waals surface area contributed by atoms with E-state index in [0.29, 0.717) is 42.4 Å². The molecule has 2 aliphatic rings. The van der Waals surface area contributed by atoms with E-state index in [9.17, 15) is 9.18 Å². The lowest BCUT2D eigenvalue weighted by Crippen LogP contribution is -2.50. The minimum atomic E-state index is -0.430. The fraction of sp³-hybridized carbons (Fsp3) is 0.286. The van der Waals surface area contributed by atoms with Crippen LogP contribution in [0.1, 0.15) is 11.1 Å². The zero-order chi connectivity index (χ0) is 19.7. The van der Waals surface area contributed by atoms with Crippen LogP contribution in [0.4, 0.5) is 10.1 Å². The lowest BCUT2D eigenvalue weighted by molar-refractivity contribution is -0.118. The minimum absolute atomic E-state index is 0.0478. The number of hydrogen-bond acceptors (Lipinski definition) is 5. The minimum Gasteiger partial charge on any atom is -0.497 e. The zero-order valence-electron chi connectivity index (χ0n) is 15.5. The van der Waals surface area contributed by atoms with Gasteiger partial charge in [-0.05, 0) is 23.8 Å². The molecule has 0 radical (unpaired) electrons. The van der Waals surface area contributed by atoms with Crippen LogP contribution in [-0.4, -0.2) is 43.7 Å². The fourth-order valence-corrected chi connectivity index (χ4v) is 3.23. The Morgan fingerprint density at radius 1 is 1.36 bits per heavy atom. The van der Waals surface area contributed by atoms with Crippen LogP contribution in [0, 0.1) is 5.82 Å². The van der Waals surface area contributed by atoms with Gasteiger partial charge in [0.1, 0.15) is 17.3 Å². The van der Waals surface area contributed by atoms with Gasteiger partial charge in [0, 0.05) is 30.4 Å². The van der Waals surface area contributed by atoms with Crippen LogP contribution in [0.15, 0.2) is 43.0 Å². The van der Waals surface area contributed by atoms with Crippen molar-refractivity contribution in [3.05, 3.63) is 59.9 Å². The number of rotatable bonds is 6. The lowest BCUT2D eigenvalue weighted by Gasteiger charge is -2.42. The third kappa shape index (κ3) is 3.66. The van der Waals surface area contributed by atoms with Gasteiger partial charge in [0.2, 0.25) is 0 Å². The van der Waals surface area contributed by atoms with Gasteiger partial charge >= 0.3 is 0 Å². The summed E-state index contributed by atoms with van der Waals surface area (Å²) < 4.78 is 30.8. The van der Waals surface area contributed by atoms with Gasteiger partial charge in [-0.2, -0.15) is 0 Å². The molecular weight excluding hydrogens is 363 g/mol.